The predicted molar refractivity (Wildman–Crippen MR) is 88.1 cm³/mol. The van der Waals surface area contributed by atoms with E-state index in [-0.39, 0.29) is 29.5 Å². The second-order valence-corrected chi connectivity index (χ2v) is 5.19. The third-order valence-electron chi connectivity index (χ3n) is 3.67. The summed E-state index contributed by atoms with van der Waals surface area (Å²) in [4.78, 5) is 16.3. The summed E-state index contributed by atoms with van der Waals surface area (Å²) < 4.78 is 27.6. The van der Waals surface area contributed by atoms with Crippen LogP contribution in [0.5, 0.6) is 5.75 Å². The van der Waals surface area contributed by atoms with E-state index in [9.17, 15) is 18.7 Å². The average molecular weight is 328 g/mol. The van der Waals surface area contributed by atoms with Crippen LogP contribution in [0.15, 0.2) is 47.5 Å². The molecule has 6 heteroatoms. The summed E-state index contributed by atoms with van der Waals surface area (Å²) in [5.41, 5.74) is 0.940. The number of halogens is 2. The number of rotatable bonds is 3. The average Bonchev–Trinajstić information content (AvgIpc) is 2.88. The molecule has 0 fully saturated rings. The molecule has 1 heterocycles. The topological polar surface area (TPSA) is 54.6 Å². The Morgan fingerprint density at radius 1 is 1.21 bits per heavy atom. The van der Waals surface area contributed by atoms with Crippen molar-refractivity contribution in [2.45, 2.75) is 13.3 Å². The molecule has 0 aliphatic rings. The van der Waals surface area contributed by atoms with Crippen molar-refractivity contribution in [2.24, 2.45) is 4.99 Å². The molecule has 1 N–H and O–H groups in total. The van der Waals surface area contributed by atoms with Crippen LogP contribution < -0.4 is 0 Å². The van der Waals surface area contributed by atoms with Crippen LogP contribution in [-0.4, -0.2) is 21.8 Å². The SMILES string of the molecule is CCC(=O)n1c(C=Nc2ccc(F)c(F)c2)c(O)c2ccccc21. The van der Waals surface area contributed by atoms with E-state index in [4.69, 9.17) is 0 Å². The highest BCUT2D eigenvalue weighted by molar-refractivity contribution is 6.04. The summed E-state index contributed by atoms with van der Waals surface area (Å²) in [5, 5.41) is 10.9. The minimum absolute atomic E-state index is 0.0845. The number of para-hydroxylation sites is 1. The molecule has 0 spiro atoms. The smallest absolute Gasteiger partial charge is 0.231 e. The van der Waals surface area contributed by atoms with E-state index in [0.717, 1.165) is 12.1 Å². The molecule has 4 nitrogen and oxygen atoms in total. The summed E-state index contributed by atoms with van der Waals surface area (Å²) >= 11 is 0. The van der Waals surface area contributed by atoms with Gasteiger partial charge in [-0.25, -0.2) is 8.78 Å². The van der Waals surface area contributed by atoms with Crippen molar-refractivity contribution in [3.05, 3.63) is 59.8 Å². The van der Waals surface area contributed by atoms with Gasteiger partial charge in [-0.1, -0.05) is 19.1 Å². The van der Waals surface area contributed by atoms with Crippen LogP contribution in [0.2, 0.25) is 0 Å². The van der Waals surface area contributed by atoms with Crippen molar-refractivity contribution >= 4 is 28.7 Å². The van der Waals surface area contributed by atoms with Gasteiger partial charge >= 0.3 is 0 Å². The van der Waals surface area contributed by atoms with E-state index >= 15 is 0 Å². The third-order valence-corrected chi connectivity index (χ3v) is 3.67. The predicted octanol–water partition coefficient (Wildman–Crippen LogP) is 4.43. The molecule has 2 aromatic carbocycles. The van der Waals surface area contributed by atoms with Crippen LogP contribution in [0.25, 0.3) is 10.9 Å². The van der Waals surface area contributed by atoms with Crippen molar-refractivity contribution in [1.82, 2.24) is 4.57 Å². The van der Waals surface area contributed by atoms with Crippen molar-refractivity contribution in [3.8, 4) is 5.75 Å². The number of carbonyl (C=O) groups is 1. The number of fused-ring (bicyclic) bond motifs is 1. The first-order valence-electron chi connectivity index (χ1n) is 7.37. The van der Waals surface area contributed by atoms with Gasteiger partial charge in [-0.3, -0.25) is 14.4 Å². The summed E-state index contributed by atoms with van der Waals surface area (Å²) in [6, 6.07) is 10.1. The Morgan fingerprint density at radius 3 is 2.67 bits per heavy atom. The second-order valence-electron chi connectivity index (χ2n) is 5.19. The van der Waals surface area contributed by atoms with E-state index in [2.05, 4.69) is 4.99 Å². The minimum Gasteiger partial charge on any atom is -0.505 e. The second kappa shape index (κ2) is 6.23. The maximum atomic E-state index is 13.3. The highest BCUT2D eigenvalue weighted by Gasteiger charge is 2.18. The van der Waals surface area contributed by atoms with Gasteiger partial charge in [-0.05, 0) is 24.3 Å². The molecular weight excluding hydrogens is 314 g/mol. The Kier molecular flexibility index (Phi) is 4.12. The fraction of sp³-hybridized carbons (Fsp3) is 0.111. The Hall–Kier alpha value is -3.02. The molecule has 0 atom stereocenters. The van der Waals surface area contributed by atoms with Gasteiger partial charge in [-0.2, -0.15) is 0 Å². The molecule has 3 aromatic rings. The first-order valence-corrected chi connectivity index (χ1v) is 7.37. The standard InChI is InChI=1S/C18H14F2N2O2/c1-2-17(23)22-15-6-4-3-5-12(15)18(24)16(22)10-21-11-7-8-13(19)14(20)9-11/h3-10,24H,2H2,1H3. The van der Waals surface area contributed by atoms with Crippen LogP contribution in [0.4, 0.5) is 14.5 Å². The molecule has 24 heavy (non-hydrogen) atoms. The van der Waals surface area contributed by atoms with Crippen LogP contribution in [0.1, 0.15) is 23.8 Å². The molecule has 0 saturated heterocycles. The molecule has 0 bridgehead atoms. The monoisotopic (exact) mass is 328 g/mol. The van der Waals surface area contributed by atoms with Gasteiger partial charge in [0.05, 0.1) is 17.4 Å². The molecule has 0 aliphatic heterocycles. The lowest BCUT2D eigenvalue weighted by atomic mass is 10.2. The quantitative estimate of drug-likeness (QED) is 0.723. The van der Waals surface area contributed by atoms with Crippen LogP contribution in [0.3, 0.4) is 0 Å². The van der Waals surface area contributed by atoms with Crippen molar-refractivity contribution in [3.63, 3.8) is 0 Å². The number of aliphatic imine (C=N–C) groups is 1. The largest absolute Gasteiger partial charge is 0.505 e. The van der Waals surface area contributed by atoms with Crippen molar-refractivity contribution in [1.29, 1.82) is 0 Å². The van der Waals surface area contributed by atoms with E-state index in [1.54, 1.807) is 31.2 Å². The van der Waals surface area contributed by atoms with Gasteiger partial charge in [0.15, 0.2) is 17.4 Å². The maximum absolute atomic E-state index is 13.3. The first kappa shape index (κ1) is 15.9. The number of aromatic hydroxyl groups is 1. The van der Waals surface area contributed by atoms with Gasteiger partial charge in [0.1, 0.15) is 5.69 Å². The Balaban J connectivity index is 2.14. The zero-order valence-corrected chi connectivity index (χ0v) is 12.8. The first-order chi connectivity index (χ1) is 11.5. The molecule has 0 saturated carbocycles. The number of benzene rings is 2. The van der Waals surface area contributed by atoms with Gasteiger partial charge < -0.3 is 5.11 Å². The molecule has 0 aliphatic carbocycles. The highest BCUT2D eigenvalue weighted by Crippen LogP contribution is 2.31. The van der Waals surface area contributed by atoms with Gasteiger partial charge in [0, 0.05) is 17.9 Å². The number of aromatic nitrogens is 1. The Labute approximate surface area is 136 Å². The van der Waals surface area contributed by atoms with Gasteiger partial charge in [0.2, 0.25) is 5.91 Å². The summed E-state index contributed by atoms with van der Waals surface area (Å²) in [6.07, 6.45) is 1.51. The summed E-state index contributed by atoms with van der Waals surface area (Å²) in [7, 11) is 0. The lowest BCUT2D eigenvalue weighted by Crippen LogP contribution is -2.11. The van der Waals surface area contributed by atoms with Gasteiger partial charge in [-0.15, -0.1) is 0 Å². The molecular formula is C18H14F2N2O2. The fourth-order valence-corrected chi connectivity index (χ4v) is 2.49. The Morgan fingerprint density at radius 2 is 1.96 bits per heavy atom. The van der Waals surface area contributed by atoms with Crippen molar-refractivity contribution < 1.29 is 18.7 Å². The zero-order chi connectivity index (χ0) is 17.3. The maximum Gasteiger partial charge on any atom is 0.231 e. The summed E-state index contributed by atoms with van der Waals surface area (Å²) in [6.45, 7) is 1.71. The number of hydrogen-bond donors (Lipinski definition) is 1. The van der Waals surface area contributed by atoms with Crippen LogP contribution in [-0.2, 0) is 0 Å². The van der Waals surface area contributed by atoms with E-state index in [1.165, 1.54) is 16.8 Å². The van der Waals surface area contributed by atoms with Crippen LogP contribution >= 0.6 is 0 Å². The fourth-order valence-electron chi connectivity index (χ4n) is 2.49. The number of carbonyl (C=O) groups excluding carboxylic acids is 1. The van der Waals surface area contributed by atoms with Crippen LogP contribution in [0, 0.1) is 11.6 Å². The van der Waals surface area contributed by atoms with Gasteiger partial charge in [0.25, 0.3) is 0 Å². The molecule has 0 radical (unpaired) electrons. The molecule has 0 unspecified atom stereocenters. The lowest BCUT2D eigenvalue weighted by Gasteiger charge is -2.04. The molecule has 0 amide bonds. The number of hydrogen-bond acceptors (Lipinski definition) is 3. The zero-order valence-electron chi connectivity index (χ0n) is 12.8. The van der Waals surface area contributed by atoms with Crippen molar-refractivity contribution in [2.75, 3.05) is 0 Å². The summed E-state index contributed by atoms with van der Waals surface area (Å²) in [5.74, 6) is -2.27. The molecule has 3 rings (SSSR count). The van der Waals surface area contributed by atoms with E-state index < -0.39 is 11.6 Å². The minimum atomic E-state index is -1.01. The number of nitrogens with zero attached hydrogens (tertiary/aromatic N) is 2. The van der Waals surface area contributed by atoms with E-state index in [1.807, 2.05) is 0 Å². The lowest BCUT2D eigenvalue weighted by molar-refractivity contribution is 0.0913. The molecule has 1 aromatic heterocycles. The Bertz CT molecular complexity index is 961. The van der Waals surface area contributed by atoms with E-state index in [0.29, 0.717) is 10.9 Å². The molecule has 122 valence electrons. The normalized spacial score (nSPS) is 11.5. The highest BCUT2D eigenvalue weighted by atomic mass is 19.2. The third kappa shape index (κ3) is 2.67.